The van der Waals surface area contributed by atoms with Gasteiger partial charge < -0.3 is 10.3 Å². The van der Waals surface area contributed by atoms with Gasteiger partial charge in [0.25, 0.3) is 0 Å². The second-order valence-electron chi connectivity index (χ2n) is 12.3. The number of para-hydroxylation sites is 1. The molecule has 0 saturated carbocycles. The molecule has 6 aromatic rings. The Kier molecular flexibility index (Phi) is 15.9. The first kappa shape index (κ1) is 38.5. The Morgan fingerprint density at radius 3 is 1.43 bits per heavy atom. The standard InChI is InChI=1S/C21H25N2S.3C7H7.Hf/c1-13-10-14(2)18(15(3)11-13)16-8-7-9-17-19(16)23-20(24-17)22-12-21(4,5)6;3*1-7-5-3-2-4-6-7;/h7-11H,12H2,1-6H3;3*2-6H,1H2;/q4*-1;+4. The monoisotopic (exact) mass is 790 g/mol. The molecule has 0 bridgehead atoms. The molecular formula is C42H46HfN2S. The molecule has 5 aromatic carbocycles. The molecule has 0 unspecified atom stereocenters. The summed E-state index contributed by atoms with van der Waals surface area (Å²) in [6, 6.07) is 40.6. The molecule has 0 atom stereocenters. The van der Waals surface area contributed by atoms with Gasteiger partial charge in [-0.25, -0.2) is 0 Å². The van der Waals surface area contributed by atoms with Crippen LogP contribution in [0.25, 0.3) is 26.7 Å². The number of hydrogen-bond acceptors (Lipinski definition) is 2. The van der Waals surface area contributed by atoms with Gasteiger partial charge >= 0.3 is 25.8 Å². The summed E-state index contributed by atoms with van der Waals surface area (Å²) in [4.78, 5) is 4.85. The number of benzene rings is 5. The predicted molar refractivity (Wildman–Crippen MR) is 199 cm³/mol. The molecule has 0 aliphatic heterocycles. The van der Waals surface area contributed by atoms with E-state index in [1.54, 1.807) is 11.3 Å². The molecule has 1 aromatic heterocycles. The van der Waals surface area contributed by atoms with Crippen LogP contribution >= 0.6 is 11.3 Å². The summed E-state index contributed by atoms with van der Waals surface area (Å²) in [5, 5.41) is 5.60. The number of thiazole rings is 1. The van der Waals surface area contributed by atoms with E-state index in [9.17, 15) is 0 Å². The van der Waals surface area contributed by atoms with Crippen LogP contribution in [-0.2, 0) is 25.8 Å². The first-order chi connectivity index (χ1) is 21.4. The molecule has 4 heteroatoms. The van der Waals surface area contributed by atoms with Crippen LogP contribution in [0.4, 0.5) is 5.13 Å². The third kappa shape index (κ3) is 13.3. The van der Waals surface area contributed by atoms with Crippen molar-refractivity contribution < 1.29 is 25.8 Å². The maximum atomic E-state index is 4.85. The first-order valence-corrected chi connectivity index (χ1v) is 16.0. The summed E-state index contributed by atoms with van der Waals surface area (Å²) in [7, 11) is 0. The van der Waals surface area contributed by atoms with Gasteiger partial charge in [0.2, 0.25) is 0 Å². The van der Waals surface area contributed by atoms with Crippen molar-refractivity contribution in [2.75, 3.05) is 6.54 Å². The van der Waals surface area contributed by atoms with Crippen LogP contribution in [0.1, 0.15) is 54.2 Å². The van der Waals surface area contributed by atoms with Crippen molar-refractivity contribution in [1.29, 1.82) is 0 Å². The number of hydrogen-bond donors (Lipinski definition) is 0. The normalized spacial score (nSPS) is 10.1. The zero-order valence-electron chi connectivity index (χ0n) is 28.2. The summed E-state index contributed by atoms with van der Waals surface area (Å²) in [5.74, 6) is 0. The molecule has 0 amide bonds. The van der Waals surface area contributed by atoms with Gasteiger partial charge in [-0.3, -0.25) is 0 Å². The zero-order chi connectivity index (χ0) is 32.8. The number of fused-ring (bicyclic) bond motifs is 1. The molecule has 234 valence electrons. The van der Waals surface area contributed by atoms with Crippen LogP contribution in [0, 0.1) is 47.0 Å². The van der Waals surface area contributed by atoms with Gasteiger partial charge in [-0.1, -0.05) is 68.8 Å². The average molecular weight is 789 g/mol. The van der Waals surface area contributed by atoms with Crippen molar-refractivity contribution in [2.24, 2.45) is 5.41 Å². The molecule has 0 saturated heterocycles. The second kappa shape index (κ2) is 19.1. The van der Waals surface area contributed by atoms with Crippen LogP contribution in [0.3, 0.4) is 0 Å². The molecule has 1 heterocycles. The minimum Gasteiger partial charge on any atom is -0.456 e. The molecule has 46 heavy (non-hydrogen) atoms. The number of nitrogens with zero attached hydrogens (tertiary/aromatic N) is 2. The molecule has 0 radical (unpaired) electrons. The van der Waals surface area contributed by atoms with E-state index < -0.39 is 0 Å². The van der Waals surface area contributed by atoms with E-state index in [-0.39, 0.29) is 31.3 Å². The van der Waals surface area contributed by atoms with E-state index in [0.29, 0.717) is 0 Å². The summed E-state index contributed by atoms with van der Waals surface area (Å²) >= 11 is 1.68. The minimum absolute atomic E-state index is 0. The number of rotatable bonds is 3. The second-order valence-corrected chi connectivity index (χ2v) is 13.3. The largest absolute Gasteiger partial charge is 4.00 e. The predicted octanol–water partition coefficient (Wildman–Crippen LogP) is 12.5. The van der Waals surface area contributed by atoms with E-state index in [2.05, 4.69) is 92.6 Å². The van der Waals surface area contributed by atoms with Gasteiger partial charge in [-0.15, -0.1) is 47.7 Å². The molecule has 0 aliphatic rings. The van der Waals surface area contributed by atoms with E-state index >= 15 is 0 Å². The third-order valence-corrected chi connectivity index (χ3v) is 7.52. The fourth-order valence-electron chi connectivity index (χ4n) is 4.55. The molecule has 2 nitrogen and oxygen atoms in total. The molecular weight excluding hydrogens is 743 g/mol. The summed E-state index contributed by atoms with van der Waals surface area (Å²) in [6.45, 7) is 25.1. The van der Waals surface area contributed by atoms with Gasteiger partial charge in [0.15, 0.2) is 0 Å². The smallest absolute Gasteiger partial charge is 0.456 e. The summed E-state index contributed by atoms with van der Waals surface area (Å²) < 4.78 is 1.21. The maximum absolute atomic E-state index is 4.85. The van der Waals surface area contributed by atoms with Gasteiger partial charge in [-0.2, -0.15) is 73.9 Å². The van der Waals surface area contributed by atoms with Crippen LogP contribution in [0.15, 0.2) is 121 Å². The van der Waals surface area contributed by atoms with Crippen LogP contribution in [-0.4, -0.2) is 11.5 Å². The maximum Gasteiger partial charge on any atom is 4.00 e. The molecule has 0 fully saturated rings. The Bertz CT molecular complexity index is 1610. The van der Waals surface area contributed by atoms with Gasteiger partial charge in [0.05, 0.1) is 0 Å². The minimum atomic E-state index is 0. The Morgan fingerprint density at radius 1 is 0.630 bits per heavy atom. The van der Waals surface area contributed by atoms with Crippen molar-refractivity contribution in [3.8, 4) is 11.1 Å². The molecule has 0 N–H and O–H groups in total. The summed E-state index contributed by atoms with van der Waals surface area (Å²) in [6.07, 6.45) is 0. The number of aryl methyl sites for hydroxylation is 3. The van der Waals surface area contributed by atoms with Crippen molar-refractivity contribution in [1.82, 2.24) is 4.98 Å². The Hall–Kier alpha value is -3.73. The van der Waals surface area contributed by atoms with Crippen LogP contribution in [0.2, 0.25) is 0 Å². The quantitative estimate of drug-likeness (QED) is 0.130. The molecule has 0 spiro atoms. The molecule has 0 aliphatic carbocycles. The summed E-state index contributed by atoms with van der Waals surface area (Å²) in [5.41, 5.74) is 10.9. The van der Waals surface area contributed by atoms with Gasteiger partial charge in [0, 0.05) is 4.70 Å². The fraction of sp³-hybridized carbons (Fsp3) is 0.190. The van der Waals surface area contributed by atoms with E-state index in [0.717, 1.165) is 33.9 Å². The van der Waals surface area contributed by atoms with Crippen molar-refractivity contribution in [3.05, 3.63) is 181 Å². The van der Waals surface area contributed by atoms with E-state index in [1.165, 1.54) is 32.5 Å². The van der Waals surface area contributed by atoms with Crippen molar-refractivity contribution in [2.45, 2.75) is 41.5 Å². The zero-order valence-corrected chi connectivity index (χ0v) is 32.6. The first-order valence-electron chi connectivity index (χ1n) is 15.2. The molecule has 6 rings (SSSR count). The number of aromatic nitrogens is 1. The Balaban J connectivity index is 0.000000270. The Labute approximate surface area is 301 Å². The Morgan fingerprint density at radius 2 is 1.07 bits per heavy atom. The third-order valence-electron chi connectivity index (χ3n) is 6.57. The van der Waals surface area contributed by atoms with Gasteiger partial charge in [-0.05, 0) is 71.7 Å². The van der Waals surface area contributed by atoms with Crippen LogP contribution in [0.5, 0.6) is 0 Å². The van der Waals surface area contributed by atoms with E-state index in [1.807, 2.05) is 91.0 Å². The average Bonchev–Trinajstić information content (AvgIpc) is 3.42. The van der Waals surface area contributed by atoms with E-state index in [4.69, 9.17) is 10.3 Å². The SMILES string of the molecule is Cc1cc(C)c(-c2cccc3sc([N-]CC(C)(C)C)nc23)c(C)c1.[CH2-]c1ccccc1.[CH2-]c1ccccc1.[CH2-]c1ccccc1.[Hf+4]. The van der Waals surface area contributed by atoms with Gasteiger partial charge in [0.1, 0.15) is 0 Å². The van der Waals surface area contributed by atoms with Crippen LogP contribution < -0.4 is 0 Å². The van der Waals surface area contributed by atoms with Crippen molar-refractivity contribution in [3.63, 3.8) is 0 Å². The van der Waals surface area contributed by atoms with Crippen molar-refractivity contribution >= 4 is 26.7 Å². The topological polar surface area (TPSA) is 27.0 Å². The fourth-order valence-corrected chi connectivity index (χ4v) is 5.41.